The fraction of sp³-hybridized carbons (Fsp3) is 0.889. The second-order valence-corrected chi connectivity index (χ2v) is 7.39. The average Bonchev–Trinajstić information content (AvgIpc) is 2.62. The van der Waals surface area contributed by atoms with Crippen molar-refractivity contribution in [1.29, 1.82) is 0 Å². The molecule has 3 aliphatic heterocycles. The maximum absolute atomic E-state index is 12.8. The van der Waals surface area contributed by atoms with Crippen LogP contribution in [0.2, 0.25) is 0 Å². The zero-order valence-corrected chi connectivity index (χ0v) is 15.0. The molecule has 1 spiro atoms. The van der Waals surface area contributed by atoms with Gasteiger partial charge in [0.05, 0.1) is 11.7 Å². The number of carbonyl (C=O) groups excluding carboxylic acids is 2. The second-order valence-electron chi connectivity index (χ2n) is 7.39. The number of nitrogens with zero attached hydrogens (tertiary/aromatic N) is 2. The van der Waals surface area contributed by atoms with Crippen molar-refractivity contribution in [3.05, 3.63) is 0 Å². The Balaban J connectivity index is 1.53. The molecule has 6 nitrogen and oxygen atoms in total. The van der Waals surface area contributed by atoms with E-state index in [1.165, 1.54) is 0 Å². The van der Waals surface area contributed by atoms with Crippen molar-refractivity contribution in [3.63, 3.8) is 0 Å². The van der Waals surface area contributed by atoms with Crippen LogP contribution in [0.25, 0.3) is 0 Å². The van der Waals surface area contributed by atoms with Gasteiger partial charge >= 0.3 is 0 Å². The summed E-state index contributed by atoms with van der Waals surface area (Å²) in [7, 11) is 1.77. The first kappa shape index (κ1) is 17.7. The van der Waals surface area contributed by atoms with Crippen LogP contribution < -0.4 is 0 Å². The number of hydrogen-bond donors (Lipinski definition) is 0. The maximum atomic E-state index is 12.8. The first-order valence-electron chi connectivity index (χ1n) is 9.27. The van der Waals surface area contributed by atoms with Crippen LogP contribution in [0.4, 0.5) is 0 Å². The molecule has 3 rings (SSSR count). The normalized spacial score (nSPS) is 28.2. The van der Waals surface area contributed by atoms with Gasteiger partial charge < -0.3 is 19.3 Å². The number of hydrogen-bond acceptors (Lipinski definition) is 4. The number of likely N-dealkylation sites (tertiary alicyclic amines) is 2. The Kier molecular flexibility index (Phi) is 5.45. The Labute approximate surface area is 144 Å². The minimum Gasteiger partial charge on any atom is -0.378 e. The lowest BCUT2D eigenvalue weighted by molar-refractivity contribution is -0.189. The van der Waals surface area contributed by atoms with E-state index in [9.17, 15) is 9.59 Å². The first-order valence-corrected chi connectivity index (χ1v) is 9.27. The van der Waals surface area contributed by atoms with E-state index in [4.69, 9.17) is 9.47 Å². The molecule has 3 aliphatic rings. The Morgan fingerprint density at radius 2 is 1.71 bits per heavy atom. The number of methoxy groups -OCH3 is 1. The highest BCUT2D eigenvalue weighted by Crippen LogP contribution is 2.37. The molecule has 0 bridgehead atoms. The number of amides is 2. The molecular formula is C18H30N2O4. The molecule has 0 aromatic rings. The number of ether oxygens (including phenoxy) is 2. The first-order chi connectivity index (χ1) is 11.6. The maximum Gasteiger partial charge on any atom is 0.225 e. The molecule has 136 valence electrons. The van der Waals surface area contributed by atoms with Crippen molar-refractivity contribution in [2.24, 2.45) is 5.92 Å². The lowest BCUT2D eigenvalue weighted by Crippen LogP contribution is -2.57. The Hall–Kier alpha value is -1.14. The van der Waals surface area contributed by atoms with E-state index in [0.717, 1.165) is 58.2 Å². The molecule has 0 aromatic heterocycles. The molecule has 3 fully saturated rings. The Bertz CT molecular complexity index is 466. The highest BCUT2D eigenvalue weighted by atomic mass is 16.5. The van der Waals surface area contributed by atoms with Crippen molar-refractivity contribution in [1.82, 2.24) is 9.80 Å². The van der Waals surface area contributed by atoms with Gasteiger partial charge in [0, 0.05) is 52.7 Å². The summed E-state index contributed by atoms with van der Waals surface area (Å²) < 4.78 is 11.8. The van der Waals surface area contributed by atoms with Crippen molar-refractivity contribution in [3.8, 4) is 0 Å². The molecule has 0 aromatic carbocycles. The third-order valence-corrected chi connectivity index (χ3v) is 6.08. The third kappa shape index (κ3) is 3.45. The Morgan fingerprint density at radius 3 is 2.29 bits per heavy atom. The molecule has 0 aliphatic carbocycles. The van der Waals surface area contributed by atoms with Crippen LogP contribution in [0, 0.1) is 5.92 Å². The molecule has 0 N–H and O–H groups in total. The molecule has 1 atom stereocenters. The average molecular weight is 338 g/mol. The van der Waals surface area contributed by atoms with Crippen molar-refractivity contribution in [2.45, 2.75) is 57.2 Å². The summed E-state index contributed by atoms with van der Waals surface area (Å²) in [4.78, 5) is 28.1. The van der Waals surface area contributed by atoms with Crippen LogP contribution in [0.1, 0.15) is 45.4 Å². The summed E-state index contributed by atoms with van der Waals surface area (Å²) in [6, 6.07) is 0. The van der Waals surface area contributed by atoms with Gasteiger partial charge in [-0.3, -0.25) is 9.59 Å². The number of rotatable bonds is 2. The second kappa shape index (κ2) is 7.40. The molecular weight excluding hydrogens is 308 g/mol. The quantitative estimate of drug-likeness (QED) is 0.764. The lowest BCUT2D eigenvalue weighted by Gasteiger charge is -2.48. The van der Waals surface area contributed by atoms with Gasteiger partial charge in [-0.25, -0.2) is 0 Å². The van der Waals surface area contributed by atoms with Gasteiger partial charge in [-0.15, -0.1) is 0 Å². The zero-order valence-electron chi connectivity index (χ0n) is 15.0. The predicted molar refractivity (Wildman–Crippen MR) is 89.5 cm³/mol. The molecule has 3 heterocycles. The van der Waals surface area contributed by atoms with Gasteiger partial charge in [-0.1, -0.05) is 0 Å². The van der Waals surface area contributed by atoms with Gasteiger partial charge in [0.2, 0.25) is 11.8 Å². The summed E-state index contributed by atoms with van der Waals surface area (Å²) in [5, 5.41) is 0. The molecule has 0 saturated carbocycles. The topological polar surface area (TPSA) is 59.1 Å². The van der Waals surface area contributed by atoms with Gasteiger partial charge in [-0.2, -0.15) is 0 Å². The van der Waals surface area contributed by atoms with E-state index in [1.807, 2.05) is 9.80 Å². The third-order valence-electron chi connectivity index (χ3n) is 6.08. The highest BCUT2D eigenvalue weighted by molar-refractivity contribution is 5.80. The number of piperidine rings is 2. The minimum absolute atomic E-state index is 0.0696. The number of carbonyl (C=O) groups is 2. The summed E-state index contributed by atoms with van der Waals surface area (Å²) in [6.07, 6.45) is 5.56. The zero-order chi connectivity index (χ0) is 17.2. The van der Waals surface area contributed by atoms with Crippen molar-refractivity contribution >= 4 is 11.8 Å². The largest absolute Gasteiger partial charge is 0.378 e. The Morgan fingerprint density at radius 1 is 1.04 bits per heavy atom. The highest BCUT2D eigenvalue weighted by Gasteiger charge is 2.46. The van der Waals surface area contributed by atoms with E-state index in [-0.39, 0.29) is 29.4 Å². The molecule has 2 amide bonds. The minimum atomic E-state index is -0.193. The predicted octanol–water partition coefficient (Wildman–Crippen LogP) is 1.43. The lowest BCUT2D eigenvalue weighted by atomic mass is 9.81. The van der Waals surface area contributed by atoms with Crippen LogP contribution in [0.5, 0.6) is 0 Å². The van der Waals surface area contributed by atoms with Gasteiger partial charge in [0.1, 0.15) is 0 Å². The standard InChI is InChI=1S/C18H30N2O4/c1-14(21)19-9-5-15(6-10-19)17(22)20-11-7-18(8-12-20)16(23-2)4-3-13-24-18/h15-16H,3-13H2,1-2H3. The van der Waals surface area contributed by atoms with Gasteiger partial charge in [0.25, 0.3) is 0 Å². The summed E-state index contributed by atoms with van der Waals surface area (Å²) in [5.74, 6) is 0.443. The van der Waals surface area contributed by atoms with Crippen LogP contribution in [0.15, 0.2) is 0 Å². The molecule has 6 heteroatoms. The van der Waals surface area contributed by atoms with E-state index in [1.54, 1.807) is 14.0 Å². The van der Waals surface area contributed by atoms with Crippen LogP contribution in [-0.4, -0.2) is 73.2 Å². The SMILES string of the molecule is COC1CCCOC12CCN(C(=O)C1CCN(C(C)=O)CC1)CC2. The van der Waals surface area contributed by atoms with Gasteiger partial charge in [-0.05, 0) is 38.5 Å². The van der Waals surface area contributed by atoms with E-state index in [2.05, 4.69) is 0 Å². The van der Waals surface area contributed by atoms with E-state index >= 15 is 0 Å². The van der Waals surface area contributed by atoms with Gasteiger partial charge in [0.15, 0.2) is 0 Å². The van der Waals surface area contributed by atoms with Crippen molar-refractivity contribution < 1.29 is 19.1 Å². The fourth-order valence-electron chi connectivity index (χ4n) is 4.50. The summed E-state index contributed by atoms with van der Waals surface area (Å²) in [5.41, 5.74) is -0.193. The molecule has 0 radical (unpaired) electrons. The summed E-state index contributed by atoms with van der Waals surface area (Å²) >= 11 is 0. The monoisotopic (exact) mass is 338 g/mol. The fourth-order valence-corrected chi connectivity index (χ4v) is 4.50. The smallest absolute Gasteiger partial charge is 0.225 e. The van der Waals surface area contributed by atoms with E-state index < -0.39 is 0 Å². The van der Waals surface area contributed by atoms with E-state index in [0.29, 0.717) is 13.1 Å². The van der Waals surface area contributed by atoms with Crippen LogP contribution in [-0.2, 0) is 19.1 Å². The van der Waals surface area contributed by atoms with Crippen LogP contribution >= 0.6 is 0 Å². The molecule has 3 saturated heterocycles. The molecule has 1 unspecified atom stereocenters. The summed E-state index contributed by atoms with van der Waals surface area (Å²) in [6.45, 7) is 5.33. The van der Waals surface area contributed by atoms with Crippen LogP contribution in [0.3, 0.4) is 0 Å². The molecule has 24 heavy (non-hydrogen) atoms. The van der Waals surface area contributed by atoms with Crippen molar-refractivity contribution in [2.75, 3.05) is 39.9 Å².